The Kier molecular flexibility index (Phi) is 5.54. The fraction of sp³-hybridized carbons (Fsp3) is 0.182. The van der Waals surface area contributed by atoms with E-state index in [0.29, 0.717) is 0 Å². The van der Waals surface area contributed by atoms with Gasteiger partial charge in [-0.2, -0.15) is 10.3 Å². The zero-order valence-electron chi connectivity index (χ0n) is 10.4. The summed E-state index contributed by atoms with van der Waals surface area (Å²) >= 11 is 0.928. The van der Waals surface area contributed by atoms with Crippen molar-refractivity contribution in [1.82, 2.24) is 0 Å². The summed E-state index contributed by atoms with van der Waals surface area (Å²) in [6.45, 7) is 0. The van der Waals surface area contributed by atoms with Crippen molar-refractivity contribution in [3.8, 4) is 6.07 Å². The third-order valence-corrected chi connectivity index (χ3v) is 4.89. The monoisotopic (exact) mass is 311 g/mol. The Morgan fingerprint density at radius 1 is 1.45 bits per heavy atom. The molecule has 0 unspecified atom stereocenters. The largest absolute Gasteiger partial charge is 0.370 e. The molecule has 0 saturated carbocycles. The Morgan fingerprint density at radius 2 is 2.15 bits per heavy atom. The van der Waals surface area contributed by atoms with Gasteiger partial charge in [0.15, 0.2) is 21.0 Å². The predicted octanol–water partition coefficient (Wildman–Crippen LogP) is 0.273. The van der Waals surface area contributed by atoms with Gasteiger partial charge < -0.3 is 11.5 Å². The molecule has 0 aromatic heterocycles. The van der Waals surface area contributed by atoms with Crippen LogP contribution in [0.3, 0.4) is 0 Å². The van der Waals surface area contributed by atoms with Crippen molar-refractivity contribution in [1.29, 1.82) is 10.7 Å². The average Bonchev–Trinajstić information content (AvgIpc) is 2.37. The fourth-order valence-corrected chi connectivity index (χ4v) is 3.68. The van der Waals surface area contributed by atoms with Crippen molar-refractivity contribution >= 4 is 32.7 Å². The first kappa shape index (κ1) is 16.0. The lowest BCUT2D eigenvalue weighted by molar-refractivity contribution is 0.597. The van der Waals surface area contributed by atoms with E-state index in [1.54, 1.807) is 0 Å². The summed E-state index contributed by atoms with van der Waals surface area (Å²) in [7, 11) is -3.50. The number of benzene rings is 1. The molecule has 0 heterocycles. The molecule has 0 aliphatic carbocycles. The third-order valence-electron chi connectivity index (χ3n) is 2.14. The van der Waals surface area contributed by atoms with Crippen LogP contribution in [0.1, 0.15) is 5.56 Å². The van der Waals surface area contributed by atoms with E-state index in [1.807, 2.05) is 6.07 Å². The smallest absolute Gasteiger partial charge is 0.193 e. The van der Waals surface area contributed by atoms with Crippen molar-refractivity contribution in [2.24, 2.45) is 16.5 Å². The van der Waals surface area contributed by atoms with Crippen LogP contribution in [0.5, 0.6) is 0 Å². The zero-order valence-corrected chi connectivity index (χ0v) is 12.0. The zero-order chi connectivity index (χ0) is 15.2. The van der Waals surface area contributed by atoms with Crippen LogP contribution in [0.25, 0.3) is 0 Å². The van der Waals surface area contributed by atoms with E-state index in [1.165, 1.54) is 24.3 Å². The Labute approximate surface area is 121 Å². The summed E-state index contributed by atoms with van der Waals surface area (Å²) in [5, 5.41) is 16.0. The molecule has 7 nitrogen and oxygen atoms in total. The van der Waals surface area contributed by atoms with E-state index in [-0.39, 0.29) is 33.1 Å². The quantitative estimate of drug-likeness (QED) is 0.537. The van der Waals surface area contributed by atoms with Crippen molar-refractivity contribution in [3.05, 3.63) is 29.8 Å². The maximum Gasteiger partial charge on any atom is 0.193 e. The number of rotatable bonds is 4. The highest BCUT2D eigenvalue weighted by Gasteiger charge is 2.15. The molecule has 0 aliphatic heterocycles. The molecule has 0 saturated heterocycles. The minimum absolute atomic E-state index is 0.0884. The van der Waals surface area contributed by atoms with Crippen LogP contribution in [0, 0.1) is 16.7 Å². The van der Waals surface area contributed by atoms with Crippen LogP contribution in [-0.4, -0.2) is 31.1 Å². The van der Waals surface area contributed by atoms with Crippen LogP contribution < -0.4 is 11.5 Å². The van der Waals surface area contributed by atoms with Gasteiger partial charge in [-0.15, -0.1) is 0 Å². The van der Waals surface area contributed by atoms with Crippen LogP contribution in [-0.2, 0) is 9.84 Å². The van der Waals surface area contributed by atoms with E-state index in [9.17, 15) is 8.42 Å². The van der Waals surface area contributed by atoms with Crippen molar-refractivity contribution < 1.29 is 8.42 Å². The summed E-state index contributed by atoms with van der Waals surface area (Å²) in [4.78, 5) is 3.57. The van der Waals surface area contributed by atoms with E-state index in [2.05, 4.69) is 4.99 Å². The van der Waals surface area contributed by atoms with Crippen molar-refractivity contribution in [2.75, 3.05) is 11.5 Å². The summed E-state index contributed by atoms with van der Waals surface area (Å²) in [5.41, 5.74) is 10.5. The molecule has 0 bridgehead atoms. The van der Waals surface area contributed by atoms with E-state index >= 15 is 0 Å². The second kappa shape index (κ2) is 6.93. The van der Waals surface area contributed by atoms with Crippen molar-refractivity contribution in [3.63, 3.8) is 0 Å². The summed E-state index contributed by atoms with van der Waals surface area (Å²) in [6, 6.07) is 7.68. The number of nitrogens with one attached hydrogen (secondary N) is 1. The van der Waals surface area contributed by atoms with Gasteiger partial charge in [-0.25, -0.2) is 8.42 Å². The molecule has 0 spiro atoms. The first-order valence-corrected chi connectivity index (χ1v) is 8.03. The van der Waals surface area contributed by atoms with Crippen LogP contribution in [0.15, 0.2) is 34.2 Å². The van der Waals surface area contributed by atoms with Gasteiger partial charge in [0.2, 0.25) is 0 Å². The molecule has 1 aromatic rings. The van der Waals surface area contributed by atoms with Gasteiger partial charge in [-0.05, 0) is 18.2 Å². The van der Waals surface area contributed by atoms with Crippen LogP contribution >= 0.6 is 11.8 Å². The molecule has 0 aliphatic rings. The number of sulfone groups is 1. The highest BCUT2D eigenvalue weighted by molar-refractivity contribution is 8.14. The van der Waals surface area contributed by atoms with Gasteiger partial charge in [-0.1, -0.05) is 17.8 Å². The summed E-state index contributed by atoms with van der Waals surface area (Å²) < 4.78 is 24.1. The molecule has 5 N–H and O–H groups in total. The normalized spacial score (nSPS) is 10.6. The van der Waals surface area contributed by atoms with Gasteiger partial charge in [0.25, 0.3) is 0 Å². The number of hydrogen-bond donors (Lipinski definition) is 3. The maximum atomic E-state index is 12.0. The molecular weight excluding hydrogens is 298 g/mol. The minimum atomic E-state index is -3.50. The van der Waals surface area contributed by atoms with Gasteiger partial charge in [0.1, 0.15) is 0 Å². The number of aliphatic imine (C=N–C) groups is 1. The number of hydrogen-bond acceptors (Lipinski definition) is 5. The molecule has 106 valence electrons. The standard InChI is InChI=1S/C11H13N5O2S2/c12-7-8-2-1-3-9(6-8)20(17,18)5-4-19-11(15)16-10(13)14/h1-3,6H,4-5H2,(H5,13,14,15,16). The minimum Gasteiger partial charge on any atom is -0.370 e. The van der Waals surface area contributed by atoms with E-state index < -0.39 is 9.84 Å². The topological polar surface area (TPSA) is 146 Å². The molecule has 0 atom stereocenters. The van der Waals surface area contributed by atoms with Gasteiger partial charge in [-0.3, -0.25) is 5.41 Å². The molecule has 1 rings (SSSR count). The third kappa shape index (κ3) is 4.91. The Balaban J connectivity index is 2.69. The van der Waals surface area contributed by atoms with Crippen molar-refractivity contribution in [2.45, 2.75) is 4.90 Å². The van der Waals surface area contributed by atoms with Crippen LogP contribution in [0.2, 0.25) is 0 Å². The first-order chi connectivity index (χ1) is 9.35. The first-order valence-electron chi connectivity index (χ1n) is 5.39. The SMILES string of the molecule is N#Cc1cccc(S(=O)(=O)CCSC(=N)N=C(N)N)c1. The molecular formula is C11H13N5O2S2. The second-order valence-electron chi connectivity index (χ2n) is 3.65. The molecule has 0 amide bonds. The lowest BCUT2D eigenvalue weighted by Gasteiger charge is -2.04. The number of nitrogens with zero attached hydrogens (tertiary/aromatic N) is 2. The fourth-order valence-electron chi connectivity index (χ4n) is 1.27. The van der Waals surface area contributed by atoms with E-state index in [0.717, 1.165) is 11.8 Å². The molecule has 0 fully saturated rings. The Bertz CT molecular complexity index is 672. The Morgan fingerprint density at radius 3 is 2.75 bits per heavy atom. The molecule has 1 aromatic carbocycles. The average molecular weight is 311 g/mol. The number of thioether (sulfide) groups is 1. The molecule has 0 radical (unpaired) electrons. The maximum absolute atomic E-state index is 12.0. The second-order valence-corrected chi connectivity index (χ2v) is 6.84. The number of nitrogens with two attached hydrogens (primary N) is 2. The van der Waals surface area contributed by atoms with E-state index in [4.69, 9.17) is 22.1 Å². The van der Waals surface area contributed by atoms with Gasteiger partial charge in [0.05, 0.1) is 22.3 Å². The molecule has 9 heteroatoms. The molecule has 20 heavy (non-hydrogen) atoms. The summed E-state index contributed by atoms with van der Waals surface area (Å²) in [6.07, 6.45) is 0. The Hall–Kier alpha value is -2.05. The number of guanidine groups is 1. The lowest BCUT2D eigenvalue weighted by atomic mass is 10.2. The van der Waals surface area contributed by atoms with Crippen LogP contribution in [0.4, 0.5) is 0 Å². The summed E-state index contributed by atoms with van der Waals surface area (Å²) in [5.74, 6) is -0.268. The number of nitriles is 1. The predicted molar refractivity (Wildman–Crippen MR) is 79.2 cm³/mol. The number of amidine groups is 1. The lowest BCUT2D eigenvalue weighted by Crippen LogP contribution is -2.23. The highest BCUT2D eigenvalue weighted by Crippen LogP contribution is 2.15. The van der Waals surface area contributed by atoms with Gasteiger partial charge in [0, 0.05) is 5.75 Å². The highest BCUT2D eigenvalue weighted by atomic mass is 32.2. The van der Waals surface area contributed by atoms with Gasteiger partial charge >= 0.3 is 0 Å².